The molecule has 3 N–H and O–H groups in total. The first-order chi connectivity index (χ1) is 16.9. The lowest BCUT2D eigenvalue weighted by atomic mass is 9.73. The van der Waals surface area contributed by atoms with Crippen LogP contribution in [-0.2, 0) is 17.6 Å². The van der Waals surface area contributed by atoms with Crippen LogP contribution in [0.15, 0.2) is 30.5 Å². The number of halogens is 3. The number of carbonyl (C=O) groups is 1. The average Bonchev–Trinajstić information content (AvgIpc) is 2.76. The fourth-order valence-corrected chi connectivity index (χ4v) is 5.29. The van der Waals surface area contributed by atoms with Crippen LogP contribution in [-0.4, -0.2) is 46.0 Å². The molecule has 0 bridgehead atoms. The van der Waals surface area contributed by atoms with Crippen molar-refractivity contribution in [2.45, 2.75) is 88.8 Å². The van der Waals surface area contributed by atoms with Gasteiger partial charge in [0.2, 0.25) is 11.8 Å². The summed E-state index contributed by atoms with van der Waals surface area (Å²) >= 11 is 5.91. The van der Waals surface area contributed by atoms with E-state index in [9.17, 15) is 18.7 Å². The molecular weight excluding hydrogens is 488 g/mol. The second kappa shape index (κ2) is 10.6. The smallest absolute Gasteiger partial charge is 0.218 e. The molecule has 2 aromatic rings. The molecule has 1 aromatic carbocycles. The summed E-state index contributed by atoms with van der Waals surface area (Å²) in [5.74, 6) is -0.251. The summed E-state index contributed by atoms with van der Waals surface area (Å²) in [7, 11) is 0. The van der Waals surface area contributed by atoms with Crippen molar-refractivity contribution in [1.82, 2.24) is 15.6 Å². The molecule has 2 heterocycles. The van der Waals surface area contributed by atoms with E-state index in [1.165, 1.54) is 32.9 Å². The van der Waals surface area contributed by atoms with E-state index in [-0.39, 0.29) is 42.0 Å². The number of rotatable bonds is 9. The Morgan fingerprint density at radius 2 is 2.08 bits per heavy atom. The summed E-state index contributed by atoms with van der Waals surface area (Å²) in [4.78, 5) is 16.4. The molecule has 1 aliphatic carbocycles. The highest BCUT2D eigenvalue weighted by molar-refractivity contribution is 6.30. The third kappa shape index (κ3) is 6.52. The fraction of sp³-hybridized carbons (Fsp3) is 0.556. The summed E-state index contributed by atoms with van der Waals surface area (Å²) in [6.45, 7) is 4.65. The van der Waals surface area contributed by atoms with Gasteiger partial charge < -0.3 is 20.5 Å². The lowest BCUT2D eigenvalue weighted by Gasteiger charge is -2.47. The highest BCUT2D eigenvalue weighted by atomic mass is 35.5. The molecule has 4 rings (SSSR count). The van der Waals surface area contributed by atoms with Gasteiger partial charge in [-0.2, -0.15) is 0 Å². The Balaban J connectivity index is 1.50. The number of pyridine rings is 1. The number of hydrogen-bond acceptors (Lipinski definition) is 5. The van der Waals surface area contributed by atoms with Crippen molar-refractivity contribution >= 4 is 17.5 Å². The number of alkyl halides is 1. The zero-order valence-corrected chi connectivity index (χ0v) is 21.7. The molecule has 1 aliphatic heterocycles. The number of ether oxygens (including phenoxy) is 1. The van der Waals surface area contributed by atoms with E-state index < -0.39 is 23.6 Å². The van der Waals surface area contributed by atoms with Crippen molar-refractivity contribution < 1.29 is 23.4 Å². The first kappa shape index (κ1) is 26.8. The SMILES string of the molecule is CC(=O)N[C@@H](Cc1ccc(F)c(Cl)c1)[C@@H](O)CN[C@H]1CC2(CCC2)Oc2ncc(CC(C)(C)F)cc21. The van der Waals surface area contributed by atoms with E-state index in [0.29, 0.717) is 11.4 Å². The van der Waals surface area contributed by atoms with E-state index >= 15 is 0 Å². The molecule has 0 radical (unpaired) electrons. The first-order valence-electron chi connectivity index (χ1n) is 12.4. The molecule has 36 heavy (non-hydrogen) atoms. The molecule has 0 unspecified atom stereocenters. The van der Waals surface area contributed by atoms with Gasteiger partial charge in [0.15, 0.2) is 0 Å². The summed E-state index contributed by atoms with van der Waals surface area (Å²) < 4.78 is 34.1. The summed E-state index contributed by atoms with van der Waals surface area (Å²) in [6, 6.07) is 5.55. The number of nitrogens with zero attached hydrogens (tertiary/aromatic N) is 1. The van der Waals surface area contributed by atoms with Gasteiger partial charge in [0.25, 0.3) is 0 Å². The minimum Gasteiger partial charge on any atom is -0.471 e. The molecule has 1 amide bonds. The molecule has 3 atom stereocenters. The molecule has 9 heteroatoms. The lowest BCUT2D eigenvalue weighted by molar-refractivity contribution is -0.120. The number of fused-ring (bicyclic) bond motifs is 1. The number of amides is 1. The van der Waals surface area contributed by atoms with E-state index in [2.05, 4.69) is 15.6 Å². The number of nitrogens with one attached hydrogen (secondary N) is 2. The molecule has 0 saturated heterocycles. The van der Waals surface area contributed by atoms with Crippen molar-refractivity contribution in [2.75, 3.05) is 6.54 Å². The largest absolute Gasteiger partial charge is 0.471 e. The summed E-state index contributed by atoms with van der Waals surface area (Å²) in [6.07, 6.45) is 4.94. The van der Waals surface area contributed by atoms with E-state index in [0.717, 1.165) is 36.8 Å². The Hall–Kier alpha value is -2.29. The second-order valence-corrected chi connectivity index (χ2v) is 11.2. The Labute approximate surface area is 215 Å². The van der Waals surface area contributed by atoms with Crippen molar-refractivity contribution in [1.29, 1.82) is 0 Å². The van der Waals surface area contributed by atoms with Crippen LogP contribution in [0.1, 0.15) is 69.2 Å². The molecule has 1 saturated carbocycles. The summed E-state index contributed by atoms with van der Waals surface area (Å²) in [5.41, 5.74) is 0.695. The average molecular weight is 522 g/mol. The van der Waals surface area contributed by atoms with Crippen molar-refractivity contribution in [3.8, 4) is 5.88 Å². The highest BCUT2D eigenvalue weighted by Crippen LogP contribution is 2.48. The normalized spacial score (nSPS) is 20.1. The quantitative estimate of drug-likeness (QED) is 0.449. The van der Waals surface area contributed by atoms with Crippen LogP contribution >= 0.6 is 11.6 Å². The predicted molar refractivity (Wildman–Crippen MR) is 134 cm³/mol. The van der Waals surface area contributed by atoms with Gasteiger partial charge >= 0.3 is 0 Å². The minimum absolute atomic E-state index is 0.00828. The Morgan fingerprint density at radius 1 is 1.33 bits per heavy atom. The molecule has 2 aliphatic rings. The second-order valence-electron chi connectivity index (χ2n) is 10.8. The van der Waals surface area contributed by atoms with Crippen LogP contribution in [0.2, 0.25) is 5.02 Å². The maximum Gasteiger partial charge on any atom is 0.218 e. The molecule has 1 aromatic heterocycles. The van der Waals surface area contributed by atoms with Crippen LogP contribution in [0.5, 0.6) is 5.88 Å². The van der Waals surface area contributed by atoms with Gasteiger partial charge in [0.1, 0.15) is 17.1 Å². The maximum atomic E-state index is 14.3. The third-order valence-corrected chi connectivity index (χ3v) is 7.25. The van der Waals surface area contributed by atoms with E-state index in [1.807, 2.05) is 6.07 Å². The standard InChI is InChI=1S/C27H34ClF2N3O3/c1-16(34)33-22(11-17-5-6-21(29)20(28)10-17)24(35)15-31-23-13-27(7-4-8-27)36-25-19(23)9-18(14-32-25)12-26(2,3)30/h5-6,9-10,14,22-24,31,35H,4,7-8,11-13,15H2,1-3H3,(H,33,34)/t22-,23-,24-/m0/s1. The van der Waals surface area contributed by atoms with Gasteiger partial charge in [-0.15, -0.1) is 0 Å². The topological polar surface area (TPSA) is 83.5 Å². The van der Waals surface area contributed by atoms with Gasteiger partial charge in [-0.3, -0.25) is 4.79 Å². The van der Waals surface area contributed by atoms with Gasteiger partial charge in [-0.1, -0.05) is 17.7 Å². The van der Waals surface area contributed by atoms with Crippen LogP contribution in [0.25, 0.3) is 0 Å². The number of aliphatic hydroxyl groups is 1. The molecule has 1 fully saturated rings. The summed E-state index contributed by atoms with van der Waals surface area (Å²) in [5, 5.41) is 17.3. The van der Waals surface area contributed by atoms with Crippen LogP contribution < -0.4 is 15.4 Å². The van der Waals surface area contributed by atoms with E-state index in [1.54, 1.807) is 12.3 Å². The third-order valence-electron chi connectivity index (χ3n) is 6.96. The molecular formula is C27H34ClF2N3O3. The Kier molecular flexibility index (Phi) is 7.88. The number of benzene rings is 1. The minimum atomic E-state index is -1.37. The number of aromatic nitrogens is 1. The monoisotopic (exact) mass is 521 g/mol. The fourth-order valence-electron chi connectivity index (χ4n) is 5.09. The maximum absolute atomic E-state index is 14.3. The van der Waals surface area contributed by atoms with E-state index in [4.69, 9.17) is 16.3 Å². The Morgan fingerprint density at radius 3 is 2.69 bits per heavy atom. The van der Waals surface area contributed by atoms with Crippen LogP contribution in [0, 0.1) is 5.82 Å². The van der Waals surface area contributed by atoms with Crippen LogP contribution in [0.4, 0.5) is 8.78 Å². The first-order valence-corrected chi connectivity index (χ1v) is 12.8. The van der Waals surface area contributed by atoms with Crippen molar-refractivity contribution in [3.05, 3.63) is 58.0 Å². The number of hydrogen-bond donors (Lipinski definition) is 3. The zero-order valence-electron chi connectivity index (χ0n) is 20.9. The predicted octanol–water partition coefficient (Wildman–Crippen LogP) is 4.61. The zero-order chi connectivity index (χ0) is 26.1. The Bertz CT molecular complexity index is 1100. The van der Waals surface area contributed by atoms with Gasteiger partial charge in [-0.25, -0.2) is 13.8 Å². The van der Waals surface area contributed by atoms with Crippen molar-refractivity contribution in [3.63, 3.8) is 0 Å². The van der Waals surface area contributed by atoms with Crippen molar-refractivity contribution in [2.24, 2.45) is 0 Å². The van der Waals surface area contributed by atoms with Gasteiger partial charge in [0.05, 0.1) is 17.2 Å². The van der Waals surface area contributed by atoms with Gasteiger partial charge in [0, 0.05) is 44.1 Å². The highest BCUT2D eigenvalue weighted by Gasteiger charge is 2.46. The molecule has 1 spiro atoms. The number of carbonyl (C=O) groups excluding carboxylic acids is 1. The van der Waals surface area contributed by atoms with Crippen LogP contribution in [0.3, 0.4) is 0 Å². The molecule has 6 nitrogen and oxygen atoms in total. The molecule has 196 valence electrons. The number of aliphatic hydroxyl groups excluding tert-OH is 1. The lowest BCUT2D eigenvalue weighted by Crippen LogP contribution is -2.52. The van der Waals surface area contributed by atoms with Gasteiger partial charge in [-0.05, 0) is 68.9 Å².